The van der Waals surface area contributed by atoms with Crippen LogP contribution in [0.25, 0.3) is 0 Å². The molecule has 16 heavy (non-hydrogen) atoms. The Hall–Kier alpha value is -1.00. The number of hydrogen-bond donors (Lipinski definition) is 0. The molecule has 3 heterocycles. The van der Waals surface area contributed by atoms with E-state index in [0.717, 1.165) is 30.0 Å². The molecule has 0 amide bonds. The molecule has 0 aliphatic carbocycles. The number of nitrogens with zero attached hydrogens (tertiary/aromatic N) is 4. The van der Waals surface area contributed by atoms with Gasteiger partial charge in [0, 0.05) is 44.1 Å². The highest BCUT2D eigenvalue weighted by Crippen LogP contribution is 2.32. The fourth-order valence-corrected chi connectivity index (χ4v) is 2.84. The maximum Gasteiger partial charge on any atom is 0.0727 e. The molecule has 1 aromatic heterocycles. The topological polar surface area (TPSA) is 32.3 Å². The van der Waals surface area contributed by atoms with Gasteiger partial charge in [0.2, 0.25) is 0 Å². The molecular formula is C12H18N4. The number of likely N-dealkylation sites (tertiary alicyclic amines) is 2. The highest BCUT2D eigenvalue weighted by atomic mass is 15.3. The summed E-state index contributed by atoms with van der Waals surface area (Å²) in [5.41, 5.74) is 2.09. The summed E-state index contributed by atoms with van der Waals surface area (Å²) in [6.45, 7) is 5.35. The van der Waals surface area contributed by atoms with Crippen molar-refractivity contribution in [3.8, 4) is 0 Å². The van der Waals surface area contributed by atoms with Crippen LogP contribution in [-0.2, 0) is 6.54 Å². The Morgan fingerprint density at radius 1 is 1.25 bits per heavy atom. The van der Waals surface area contributed by atoms with E-state index in [1.54, 1.807) is 0 Å². The molecule has 0 spiro atoms. The van der Waals surface area contributed by atoms with Crippen LogP contribution >= 0.6 is 0 Å². The molecule has 0 aromatic carbocycles. The van der Waals surface area contributed by atoms with Crippen molar-refractivity contribution in [2.75, 3.05) is 20.1 Å². The number of fused-ring (bicyclic) bond motifs is 2. The lowest BCUT2D eigenvalue weighted by atomic mass is 9.87. The van der Waals surface area contributed by atoms with Crippen molar-refractivity contribution < 1.29 is 0 Å². The number of hydrogen-bond acceptors (Lipinski definition) is 4. The highest BCUT2D eigenvalue weighted by Gasteiger charge is 2.43. The molecule has 0 radical (unpaired) electrons. The maximum absolute atomic E-state index is 4.43. The Morgan fingerprint density at radius 2 is 2.00 bits per heavy atom. The highest BCUT2D eigenvalue weighted by molar-refractivity contribution is 5.06. The molecular weight excluding hydrogens is 200 g/mol. The second-order valence-corrected chi connectivity index (χ2v) is 5.09. The monoisotopic (exact) mass is 218 g/mol. The Balaban J connectivity index is 1.66. The van der Waals surface area contributed by atoms with E-state index in [2.05, 4.69) is 26.8 Å². The van der Waals surface area contributed by atoms with Gasteiger partial charge in [0.15, 0.2) is 0 Å². The summed E-state index contributed by atoms with van der Waals surface area (Å²) < 4.78 is 0. The van der Waals surface area contributed by atoms with E-state index in [4.69, 9.17) is 0 Å². The van der Waals surface area contributed by atoms with Crippen LogP contribution < -0.4 is 0 Å². The second-order valence-electron chi connectivity index (χ2n) is 5.09. The van der Waals surface area contributed by atoms with E-state index in [1.807, 2.05) is 19.3 Å². The van der Waals surface area contributed by atoms with Crippen LogP contribution in [0.1, 0.15) is 17.8 Å². The van der Waals surface area contributed by atoms with Gasteiger partial charge in [0.05, 0.1) is 11.4 Å². The molecule has 2 atom stereocenters. The minimum absolute atomic E-state index is 0.742. The molecule has 4 heteroatoms. The van der Waals surface area contributed by atoms with Crippen LogP contribution in [0.4, 0.5) is 0 Å². The molecule has 2 bridgehead atoms. The van der Waals surface area contributed by atoms with E-state index in [0.29, 0.717) is 0 Å². The zero-order valence-corrected chi connectivity index (χ0v) is 9.93. The molecule has 3 rings (SSSR count). The Labute approximate surface area is 96.3 Å². The van der Waals surface area contributed by atoms with Gasteiger partial charge in [0.25, 0.3) is 0 Å². The molecule has 86 valence electrons. The number of aryl methyl sites for hydroxylation is 1. The summed E-state index contributed by atoms with van der Waals surface area (Å²) in [5, 5.41) is 0. The first-order chi connectivity index (χ1) is 7.72. The van der Waals surface area contributed by atoms with Crippen molar-refractivity contribution in [1.29, 1.82) is 0 Å². The van der Waals surface area contributed by atoms with Crippen molar-refractivity contribution in [3.63, 3.8) is 0 Å². The van der Waals surface area contributed by atoms with Crippen molar-refractivity contribution in [1.82, 2.24) is 19.8 Å². The Bertz CT molecular complexity index is 363. The van der Waals surface area contributed by atoms with E-state index in [9.17, 15) is 0 Å². The zero-order chi connectivity index (χ0) is 11.1. The first-order valence-corrected chi connectivity index (χ1v) is 5.94. The van der Waals surface area contributed by atoms with Gasteiger partial charge in [-0.2, -0.15) is 0 Å². The number of rotatable bonds is 2. The Kier molecular flexibility index (Phi) is 2.41. The van der Waals surface area contributed by atoms with E-state index >= 15 is 0 Å². The molecule has 2 aliphatic heterocycles. The first kappa shape index (κ1) is 10.2. The molecule has 0 N–H and O–H groups in total. The number of piperidine rings is 1. The van der Waals surface area contributed by atoms with Gasteiger partial charge in [0.1, 0.15) is 0 Å². The summed E-state index contributed by atoms with van der Waals surface area (Å²) in [7, 11) is 2.21. The minimum Gasteiger partial charge on any atom is -0.303 e. The lowest BCUT2D eigenvalue weighted by Crippen LogP contribution is -2.67. The predicted octanol–water partition coefficient (Wildman–Crippen LogP) is 0.673. The quantitative estimate of drug-likeness (QED) is 0.730. The minimum atomic E-state index is 0.742. The van der Waals surface area contributed by atoms with Gasteiger partial charge in [-0.15, -0.1) is 0 Å². The first-order valence-electron chi connectivity index (χ1n) is 5.94. The molecule has 1 aromatic rings. The average Bonchev–Trinajstić information content (AvgIpc) is 2.28. The predicted molar refractivity (Wildman–Crippen MR) is 62.0 cm³/mol. The van der Waals surface area contributed by atoms with E-state index in [1.165, 1.54) is 19.5 Å². The van der Waals surface area contributed by atoms with Crippen molar-refractivity contribution in [2.45, 2.75) is 32.0 Å². The smallest absolute Gasteiger partial charge is 0.0727 e. The summed E-state index contributed by atoms with van der Waals surface area (Å²) in [6.07, 6.45) is 5.13. The average molecular weight is 218 g/mol. The second kappa shape index (κ2) is 3.79. The summed E-state index contributed by atoms with van der Waals surface area (Å²) >= 11 is 0. The standard InChI is InChI=1S/C12H18N4/c1-9-4-14-10(5-13-9)6-16-11-3-12(16)8-15(2)7-11/h4-5,11-12H,3,6-8H2,1-2H3. The van der Waals surface area contributed by atoms with Gasteiger partial charge in [-0.05, 0) is 20.4 Å². The SMILES string of the molecule is Cc1cnc(CN2C3CC2CN(C)C3)cn1. The third-order valence-electron chi connectivity index (χ3n) is 3.71. The zero-order valence-electron chi connectivity index (χ0n) is 9.93. The molecule has 2 unspecified atom stereocenters. The normalized spacial score (nSPS) is 30.1. The van der Waals surface area contributed by atoms with Gasteiger partial charge in [-0.3, -0.25) is 14.9 Å². The molecule has 2 saturated heterocycles. The number of piperazine rings is 1. The van der Waals surface area contributed by atoms with E-state index < -0.39 is 0 Å². The van der Waals surface area contributed by atoms with Crippen LogP contribution in [0.15, 0.2) is 12.4 Å². The third-order valence-corrected chi connectivity index (χ3v) is 3.71. The van der Waals surface area contributed by atoms with Crippen LogP contribution in [0, 0.1) is 6.92 Å². The van der Waals surface area contributed by atoms with Crippen LogP contribution in [-0.4, -0.2) is 52.0 Å². The van der Waals surface area contributed by atoms with Gasteiger partial charge in [-0.25, -0.2) is 0 Å². The number of likely N-dealkylation sites (N-methyl/N-ethyl adjacent to an activating group) is 1. The third kappa shape index (κ3) is 1.72. The summed E-state index contributed by atoms with van der Waals surface area (Å²) in [6, 6.07) is 1.48. The lowest BCUT2D eigenvalue weighted by Gasteiger charge is -2.55. The van der Waals surface area contributed by atoms with Gasteiger partial charge >= 0.3 is 0 Å². The largest absolute Gasteiger partial charge is 0.303 e. The number of aromatic nitrogens is 2. The molecule has 0 saturated carbocycles. The summed E-state index contributed by atoms with van der Waals surface area (Å²) in [5.74, 6) is 0. The van der Waals surface area contributed by atoms with Crippen LogP contribution in [0.3, 0.4) is 0 Å². The Morgan fingerprint density at radius 3 is 2.62 bits per heavy atom. The lowest BCUT2D eigenvalue weighted by molar-refractivity contribution is -0.0675. The molecule has 2 fully saturated rings. The van der Waals surface area contributed by atoms with Gasteiger partial charge in [-0.1, -0.05) is 0 Å². The van der Waals surface area contributed by atoms with Crippen molar-refractivity contribution in [2.24, 2.45) is 0 Å². The van der Waals surface area contributed by atoms with Crippen LogP contribution in [0.2, 0.25) is 0 Å². The van der Waals surface area contributed by atoms with Crippen molar-refractivity contribution in [3.05, 3.63) is 23.8 Å². The molecule has 2 aliphatic rings. The van der Waals surface area contributed by atoms with Crippen molar-refractivity contribution >= 4 is 0 Å². The molecule has 4 nitrogen and oxygen atoms in total. The fourth-order valence-electron chi connectivity index (χ4n) is 2.84. The fraction of sp³-hybridized carbons (Fsp3) is 0.667. The summed E-state index contributed by atoms with van der Waals surface area (Å²) in [4.78, 5) is 13.7. The maximum atomic E-state index is 4.43. The van der Waals surface area contributed by atoms with Crippen LogP contribution in [0.5, 0.6) is 0 Å². The van der Waals surface area contributed by atoms with E-state index in [-0.39, 0.29) is 0 Å². The van der Waals surface area contributed by atoms with Gasteiger partial charge < -0.3 is 4.90 Å².